The molecule has 0 spiro atoms. The average Bonchev–Trinajstić information content (AvgIpc) is 3.19. The summed E-state index contributed by atoms with van der Waals surface area (Å²) in [5, 5.41) is 6.40. The fourth-order valence-corrected chi connectivity index (χ4v) is 4.00. The normalized spacial score (nSPS) is 27.6. The van der Waals surface area contributed by atoms with Crippen LogP contribution in [0.25, 0.3) is 0 Å². The molecule has 2 heterocycles. The van der Waals surface area contributed by atoms with Gasteiger partial charge in [-0.1, -0.05) is 33.1 Å². The Hall–Kier alpha value is -1.90. The summed E-state index contributed by atoms with van der Waals surface area (Å²) in [6.45, 7) is 4.75. The van der Waals surface area contributed by atoms with Gasteiger partial charge in [-0.3, -0.25) is 10.1 Å². The highest BCUT2D eigenvalue weighted by Gasteiger charge is 2.55. The van der Waals surface area contributed by atoms with Crippen LogP contribution in [-0.4, -0.2) is 34.2 Å². The van der Waals surface area contributed by atoms with E-state index in [-0.39, 0.29) is 23.7 Å². The standard InChI is InChI=1S/C19H27F3N4O2/c1-3-4-5-6-12(2)17(27)28-18-8-13(9-25-18)7-14(18)26-16-11-23-15(10-24-16)19(20,21)22/h10-14,25H,3-9H2,1-2H3,(H,24,26)/t12?,13-,14+,18-/m0/s1. The van der Waals surface area contributed by atoms with Crippen molar-refractivity contribution < 1.29 is 22.7 Å². The van der Waals surface area contributed by atoms with Gasteiger partial charge in [-0.05, 0) is 18.8 Å². The molecule has 0 radical (unpaired) electrons. The Morgan fingerprint density at radius 2 is 2.18 bits per heavy atom. The predicted molar refractivity (Wildman–Crippen MR) is 97.3 cm³/mol. The van der Waals surface area contributed by atoms with E-state index < -0.39 is 17.6 Å². The van der Waals surface area contributed by atoms with Gasteiger partial charge in [0.2, 0.25) is 0 Å². The highest BCUT2D eigenvalue weighted by atomic mass is 19.4. The Labute approximate surface area is 162 Å². The number of carbonyl (C=O) groups is 1. The first kappa shape index (κ1) is 20.8. The molecule has 0 amide bonds. The number of rotatable bonds is 8. The van der Waals surface area contributed by atoms with Crippen molar-refractivity contribution >= 4 is 11.8 Å². The number of carbonyl (C=O) groups excluding carboxylic acids is 1. The van der Waals surface area contributed by atoms with E-state index in [1.54, 1.807) is 0 Å². The van der Waals surface area contributed by atoms with E-state index in [0.717, 1.165) is 44.8 Å². The molecule has 1 aliphatic heterocycles. The third kappa shape index (κ3) is 4.56. The summed E-state index contributed by atoms with van der Waals surface area (Å²) in [5.74, 6) is 0.159. The van der Waals surface area contributed by atoms with E-state index in [1.807, 2.05) is 6.92 Å². The highest BCUT2D eigenvalue weighted by molar-refractivity contribution is 5.72. The Balaban J connectivity index is 1.64. The number of piperidine rings is 1. The van der Waals surface area contributed by atoms with Crippen molar-refractivity contribution in [1.29, 1.82) is 0 Å². The molecule has 1 aromatic rings. The number of ether oxygens (including phenoxy) is 1. The highest BCUT2D eigenvalue weighted by Crippen LogP contribution is 2.42. The first-order valence-corrected chi connectivity index (χ1v) is 9.87. The maximum absolute atomic E-state index is 12.6. The lowest BCUT2D eigenvalue weighted by Gasteiger charge is -2.36. The zero-order valence-corrected chi connectivity index (χ0v) is 16.2. The second-order valence-corrected chi connectivity index (χ2v) is 7.88. The molecule has 2 aliphatic rings. The summed E-state index contributed by atoms with van der Waals surface area (Å²) in [5.41, 5.74) is -1.88. The quantitative estimate of drug-likeness (QED) is 0.511. The molecular weight excluding hydrogens is 373 g/mol. The van der Waals surface area contributed by atoms with Crippen molar-refractivity contribution in [1.82, 2.24) is 15.3 Å². The monoisotopic (exact) mass is 400 g/mol. The van der Waals surface area contributed by atoms with E-state index >= 15 is 0 Å². The third-order valence-corrected chi connectivity index (χ3v) is 5.60. The number of anilines is 1. The van der Waals surface area contributed by atoms with Crippen LogP contribution >= 0.6 is 0 Å². The predicted octanol–water partition coefficient (Wildman–Crippen LogP) is 3.75. The Kier molecular flexibility index (Phi) is 6.12. The maximum Gasteiger partial charge on any atom is 0.434 e. The number of aromatic nitrogens is 2. The zero-order chi connectivity index (χ0) is 20.4. The smallest absolute Gasteiger partial charge is 0.434 e. The summed E-state index contributed by atoms with van der Waals surface area (Å²) in [6, 6.07) is -0.260. The van der Waals surface area contributed by atoms with Crippen LogP contribution in [0.2, 0.25) is 0 Å². The van der Waals surface area contributed by atoms with Crippen molar-refractivity contribution in [3.63, 3.8) is 0 Å². The zero-order valence-electron chi connectivity index (χ0n) is 16.2. The van der Waals surface area contributed by atoms with E-state index in [4.69, 9.17) is 4.74 Å². The molecular formula is C19H27F3N4O2. The minimum Gasteiger partial charge on any atom is -0.441 e. The largest absolute Gasteiger partial charge is 0.441 e. The second kappa shape index (κ2) is 8.23. The SMILES string of the molecule is CCCCCC(C)C(=O)O[C@]12C[C@@H](CN1)C[C@H]2Nc1cnc(C(F)(F)F)cn1. The van der Waals surface area contributed by atoms with Crippen molar-refractivity contribution in [2.45, 2.75) is 70.3 Å². The molecule has 1 aliphatic carbocycles. The molecule has 1 aromatic heterocycles. The van der Waals surface area contributed by atoms with Gasteiger partial charge in [0.15, 0.2) is 11.4 Å². The topological polar surface area (TPSA) is 76.1 Å². The summed E-state index contributed by atoms with van der Waals surface area (Å²) in [4.78, 5) is 19.8. The van der Waals surface area contributed by atoms with Crippen LogP contribution in [0.15, 0.2) is 12.4 Å². The van der Waals surface area contributed by atoms with Crippen LogP contribution in [0.1, 0.15) is 58.1 Å². The summed E-state index contributed by atoms with van der Waals surface area (Å²) in [7, 11) is 0. The lowest BCUT2D eigenvalue weighted by atomic mass is 10.0. The van der Waals surface area contributed by atoms with Gasteiger partial charge in [-0.15, -0.1) is 0 Å². The van der Waals surface area contributed by atoms with Gasteiger partial charge in [0.05, 0.1) is 24.4 Å². The van der Waals surface area contributed by atoms with E-state index in [2.05, 4.69) is 27.5 Å². The fraction of sp³-hybridized carbons (Fsp3) is 0.737. The summed E-state index contributed by atoms with van der Waals surface area (Å²) >= 11 is 0. The molecule has 156 valence electrons. The maximum atomic E-state index is 12.6. The lowest BCUT2D eigenvalue weighted by Crippen LogP contribution is -2.57. The van der Waals surface area contributed by atoms with Gasteiger partial charge in [0.1, 0.15) is 5.82 Å². The second-order valence-electron chi connectivity index (χ2n) is 7.88. The van der Waals surface area contributed by atoms with E-state index in [0.29, 0.717) is 18.5 Å². The van der Waals surface area contributed by atoms with Gasteiger partial charge in [0.25, 0.3) is 0 Å². The van der Waals surface area contributed by atoms with Gasteiger partial charge in [0, 0.05) is 13.0 Å². The minimum atomic E-state index is -4.52. The number of alkyl halides is 3. The first-order chi connectivity index (χ1) is 13.2. The molecule has 9 heteroatoms. The van der Waals surface area contributed by atoms with Crippen molar-refractivity contribution in [2.24, 2.45) is 11.8 Å². The number of nitrogens with zero attached hydrogens (tertiary/aromatic N) is 2. The molecule has 1 unspecified atom stereocenters. The fourth-order valence-electron chi connectivity index (χ4n) is 4.00. The molecule has 0 aromatic carbocycles. The van der Waals surface area contributed by atoms with Crippen molar-refractivity contribution in [3.05, 3.63) is 18.1 Å². The Morgan fingerprint density at radius 3 is 2.79 bits per heavy atom. The number of halogens is 3. The van der Waals surface area contributed by atoms with E-state index in [1.165, 1.54) is 0 Å². The molecule has 1 saturated heterocycles. The molecule has 28 heavy (non-hydrogen) atoms. The Morgan fingerprint density at radius 1 is 1.39 bits per heavy atom. The van der Waals surface area contributed by atoms with Crippen LogP contribution in [0, 0.1) is 11.8 Å². The molecule has 2 N–H and O–H groups in total. The number of unbranched alkanes of at least 4 members (excludes halogenated alkanes) is 2. The minimum absolute atomic E-state index is 0.186. The van der Waals surface area contributed by atoms with Gasteiger partial charge < -0.3 is 10.1 Å². The summed E-state index contributed by atoms with van der Waals surface area (Å²) < 4.78 is 43.8. The van der Waals surface area contributed by atoms with Crippen molar-refractivity contribution in [3.8, 4) is 0 Å². The number of hydrogen-bond donors (Lipinski definition) is 2. The molecule has 2 bridgehead atoms. The molecule has 2 fully saturated rings. The molecule has 6 nitrogen and oxygen atoms in total. The van der Waals surface area contributed by atoms with Crippen LogP contribution in [0.3, 0.4) is 0 Å². The van der Waals surface area contributed by atoms with Crippen LogP contribution < -0.4 is 10.6 Å². The van der Waals surface area contributed by atoms with Gasteiger partial charge in [-0.2, -0.15) is 13.2 Å². The number of nitrogens with one attached hydrogen (secondary N) is 2. The van der Waals surface area contributed by atoms with Crippen LogP contribution in [0.4, 0.5) is 19.0 Å². The van der Waals surface area contributed by atoms with E-state index in [9.17, 15) is 18.0 Å². The molecule has 3 rings (SSSR count). The number of esters is 1. The van der Waals surface area contributed by atoms with Crippen LogP contribution in [-0.2, 0) is 15.7 Å². The molecule has 1 saturated carbocycles. The average molecular weight is 400 g/mol. The van der Waals surface area contributed by atoms with Crippen LogP contribution in [0.5, 0.6) is 0 Å². The Bertz CT molecular complexity index is 683. The van der Waals surface area contributed by atoms with Gasteiger partial charge >= 0.3 is 12.1 Å². The number of fused-ring (bicyclic) bond motifs is 2. The molecule has 4 atom stereocenters. The van der Waals surface area contributed by atoms with Gasteiger partial charge in [-0.25, -0.2) is 9.97 Å². The third-order valence-electron chi connectivity index (χ3n) is 5.60. The summed E-state index contributed by atoms with van der Waals surface area (Å²) in [6.07, 6.45) is 2.64. The lowest BCUT2D eigenvalue weighted by molar-refractivity contribution is -0.167. The first-order valence-electron chi connectivity index (χ1n) is 9.87. The number of hydrogen-bond acceptors (Lipinski definition) is 6. The van der Waals surface area contributed by atoms with Crippen molar-refractivity contribution in [2.75, 3.05) is 11.9 Å².